The minimum atomic E-state index is -1.07. The van der Waals surface area contributed by atoms with Gasteiger partial charge in [0, 0.05) is 11.5 Å². The van der Waals surface area contributed by atoms with Crippen LogP contribution in [0.15, 0.2) is 16.8 Å². The first kappa shape index (κ1) is 18.0. The van der Waals surface area contributed by atoms with E-state index in [0.29, 0.717) is 12.3 Å². The number of carbonyl (C=O) groups is 2. The number of rotatable bonds is 6. The minimum Gasteiger partial charge on any atom is -0.479 e. The van der Waals surface area contributed by atoms with E-state index in [9.17, 15) is 14.7 Å². The molecule has 0 aliphatic heterocycles. The molecule has 138 valence electrons. The van der Waals surface area contributed by atoms with Crippen molar-refractivity contribution in [3.8, 4) is 0 Å². The van der Waals surface area contributed by atoms with Gasteiger partial charge < -0.3 is 15.3 Å². The molecule has 2 fully saturated rings. The van der Waals surface area contributed by atoms with E-state index in [4.69, 9.17) is 4.84 Å². The number of hydrogen-bond acceptors (Lipinski definition) is 4. The third-order valence-electron chi connectivity index (χ3n) is 6.31. The molecule has 0 unspecified atom stereocenters. The van der Waals surface area contributed by atoms with Crippen LogP contribution in [0.5, 0.6) is 0 Å². The number of allylic oxidation sites excluding steroid dienone is 1. The summed E-state index contributed by atoms with van der Waals surface area (Å²) < 4.78 is 0. The summed E-state index contributed by atoms with van der Waals surface area (Å²) in [4.78, 5) is 29.6. The van der Waals surface area contributed by atoms with Crippen LogP contribution in [0.4, 0.5) is 0 Å². The summed E-state index contributed by atoms with van der Waals surface area (Å²) in [5.74, 6) is -0.404. The molecule has 3 aliphatic rings. The lowest BCUT2D eigenvalue weighted by Gasteiger charge is -2.31. The van der Waals surface area contributed by atoms with E-state index in [1.165, 1.54) is 0 Å². The maximum atomic E-state index is 13.0. The van der Waals surface area contributed by atoms with Crippen LogP contribution in [0.2, 0.25) is 0 Å². The quantitative estimate of drug-likeness (QED) is 0.723. The molecule has 0 spiro atoms. The predicted octanol–water partition coefficient (Wildman–Crippen LogP) is 2.74. The molecule has 0 aromatic carbocycles. The molecule has 6 nitrogen and oxygen atoms in total. The van der Waals surface area contributed by atoms with E-state index in [0.717, 1.165) is 43.4 Å². The Balaban J connectivity index is 1.82. The Morgan fingerprint density at radius 2 is 2.12 bits per heavy atom. The molecule has 2 saturated carbocycles. The lowest BCUT2D eigenvalue weighted by Crippen LogP contribution is -2.47. The SMILES string of the molecule is CC[C@H]1C=C(C(=O)N[C@@]2(C(=O)O)C[C@@H]2CC)[C@H]2CC/C(=N\OC)[C@H]2C1. The number of oxime groups is 1. The smallest absolute Gasteiger partial charge is 0.329 e. The molecule has 0 aromatic rings. The van der Waals surface area contributed by atoms with Crippen molar-refractivity contribution in [2.24, 2.45) is 28.8 Å². The van der Waals surface area contributed by atoms with Crippen LogP contribution < -0.4 is 5.32 Å². The van der Waals surface area contributed by atoms with Crippen LogP contribution in [0.25, 0.3) is 0 Å². The highest BCUT2D eigenvalue weighted by atomic mass is 16.6. The molecule has 0 heterocycles. The number of amides is 1. The number of fused-ring (bicyclic) bond motifs is 1. The second kappa shape index (κ2) is 6.81. The number of nitrogens with one attached hydrogen (secondary N) is 1. The number of carboxylic acids is 1. The van der Waals surface area contributed by atoms with E-state index in [1.54, 1.807) is 7.11 Å². The van der Waals surface area contributed by atoms with Gasteiger partial charge in [0.15, 0.2) is 0 Å². The molecule has 3 aliphatic carbocycles. The van der Waals surface area contributed by atoms with E-state index in [-0.39, 0.29) is 23.7 Å². The van der Waals surface area contributed by atoms with E-state index in [1.807, 2.05) is 6.92 Å². The highest BCUT2D eigenvalue weighted by Gasteiger charge is 2.61. The van der Waals surface area contributed by atoms with Gasteiger partial charge in [-0.15, -0.1) is 0 Å². The summed E-state index contributed by atoms with van der Waals surface area (Å²) in [6.07, 6.45) is 7.03. The van der Waals surface area contributed by atoms with E-state index < -0.39 is 11.5 Å². The third kappa shape index (κ3) is 3.07. The molecule has 0 saturated heterocycles. The van der Waals surface area contributed by atoms with Gasteiger partial charge in [0.1, 0.15) is 12.6 Å². The van der Waals surface area contributed by atoms with Crippen molar-refractivity contribution in [3.63, 3.8) is 0 Å². The Morgan fingerprint density at radius 1 is 1.36 bits per heavy atom. The lowest BCUT2D eigenvalue weighted by atomic mass is 9.74. The van der Waals surface area contributed by atoms with Gasteiger partial charge in [-0.1, -0.05) is 31.5 Å². The minimum absolute atomic E-state index is 0.0325. The van der Waals surface area contributed by atoms with Gasteiger partial charge >= 0.3 is 5.97 Å². The van der Waals surface area contributed by atoms with Crippen molar-refractivity contribution in [2.75, 3.05) is 7.11 Å². The molecule has 25 heavy (non-hydrogen) atoms. The number of carboxylic acid groups (broad SMARTS) is 1. The topological polar surface area (TPSA) is 88.0 Å². The average molecular weight is 348 g/mol. The summed E-state index contributed by atoms with van der Waals surface area (Å²) >= 11 is 0. The summed E-state index contributed by atoms with van der Waals surface area (Å²) in [7, 11) is 1.55. The fourth-order valence-electron chi connectivity index (χ4n) is 4.69. The standard InChI is InChI=1S/C19H28N2O4/c1-4-11-8-14-13(6-7-16(14)21-25-3)15(9-11)17(22)20-19(18(23)24)10-12(19)5-2/h9,11-14H,4-8,10H2,1-3H3,(H,20,22)(H,23,24)/b21-16+/t11-,12+,13+,14+,19+/m1/s1. The van der Waals surface area contributed by atoms with Gasteiger partial charge in [0.05, 0.1) is 5.71 Å². The van der Waals surface area contributed by atoms with Gasteiger partial charge in [-0.25, -0.2) is 4.79 Å². The largest absolute Gasteiger partial charge is 0.479 e. The Kier molecular flexibility index (Phi) is 4.89. The highest BCUT2D eigenvalue weighted by Crippen LogP contribution is 2.48. The Morgan fingerprint density at radius 3 is 2.68 bits per heavy atom. The second-order valence-corrected chi connectivity index (χ2v) is 7.58. The monoisotopic (exact) mass is 348 g/mol. The number of hydrogen-bond donors (Lipinski definition) is 2. The number of aliphatic carboxylic acids is 1. The molecule has 2 N–H and O–H groups in total. The fraction of sp³-hybridized carbons (Fsp3) is 0.737. The maximum Gasteiger partial charge on any atom is 0.329 e. The predicted molar refractivity (Wildman–Crippen MR) is 94.0 cm³/mol. The average Bonchev–Trinajstić information content (AvgIpc) is 3.18. The Labute approximate surface area is 148 Å². The number of carbonyl (C=O) groups excluding carboxylic acids is 1. The van der Waals surface area contributed by atoms with Crippen LogP contribution in [0, 0.1) is 23.7 Å². The van der Waals surface area contributed by atoms with Crippen molar-refractivity contribution in [1.82, 2.24) is 5.32 Å². The zero-order chi connectivity index (χ0) is 18.2. The molecule has 0 bridgehead atoms. The molecule has 5 atom stereocenters. The van der Waals surface area contributed by atoms with Gasteiger partial charge in [-0.3, -0.25) is 4.79 Å². The first-order valence-electron chi connectivity index (χ1n) is 9.34. The second-order valence-electron chi connectivity index (χ2n) is 7.58. The zero-order valence-electron chi connectivity index (χ0n) is 15.2. The third-order valence-corrected chi connectivity index (χ3v) is 6.31. The molecule has 0 radical (unpaired) electrons. The molecule has 0 aromatic heterocycles. The first-order valence-corrected chi connectivity index (χ1v) is 9.34. The summed E-state index contributed by atoms with van der Waals surface area (Å²) in [6, 6.07) is 0. The van der Waals surface area contributed by atoms with Crippen molar-refractivity contribution in [1.29, 1.82) is 0 Å². The van der Waals surface area contributed by atoms with Crippen LogP contribution >= 0.6 is 0 Å². The van der Waals surface area contributed by atoms with Crippen molar-refractivity contribution >= 4 is 17.6 Å². The van der Waals surface area contributed by atoms with Crippen LogP contribution in [-0.2, 0) is 14.4 Å². The first-order chi connectivity index (χ1) is 12.0. The molecular weight excluding hydrogens is 320 g/mol. The molecule has 1 amide bonds. The van der Waals surface area contributed by atoms with Crippen molar-refractivity contribution in [3.05, 3.63) is 11.6 Å². The lowest BCUT2D eigenvalue weighted by molar-refractivity contribution is -0.143. The van der Waals surface area contributed by atoms with Crippen LogP contribution in [0.1, 0.15) is 52.4 Å². The van der Waals surface area contributed by atoms with Gasteiger partial charge in [0.2, 0.25) is 5.91 Å². The van der Waals surface area contributed by atoms with Gasteiger partial charge in [0.25, 0.3) is 0 Å². The molecule has 3 rings (SSSR count). The zero-order valence-corrected chi connectivity index (χ0v) is 15.2. The van der Waals surface area contributed by atoms with Gasteiger partial charge in [-0.2, -0.15) is 0 Å². The van der Waals surface area contributed by atoms with E-state index >= 15 is 0 Å². The normalized spacial score (nSPS) is 38.0. The molecule has 6 heteroatoms. The Bertz CT molecular complexity index is 627. The summed E-state index contributed by atoms with van der Waals surface area (Å²) in [6.45, 7) is 4.08. The number of nitrogens with zero attached hydrogens (tertiary/aromatic N) is 1. The Hall–Kier alpha value is -1.85. The molecular formula is C19H28N2O4. The highest BCUT2D eigenvalue weighted by molar-refractivity contribution is 6.01. The van der Waals surface area contributed by atoms with E-state index in [2.05, 4.69) is 23.5 Å². The van der Waals surface area contributed by atoms with Crippen molar-refractivity contribution < 1.29 is 19.5 Å². The summed E-state index contributed by atoms with van der Waals surface area (Å²) in [5.41, 5.74) is 0.727. The van der Waals surface area contributed by atoms with Crippen LogP contribution in [-0.4, -0.2) is 35.3 Å². The van der Waals surface area contributed by atoms with Crippen LogP contribution in [0.3, 0.4) is 0 Å². The van der Waals surface area contributed by atoms with Gasteiger partial charge in [-0.05, 0) is 49.9 Å². The maximum absolute atomic E-state index is 13.0. The fourth-order valence-corrected chi connectivity index (χ4v) is 4.69. The van der Waals surface area contributed by atoms with Crippen molar-refractivity contribution in [2.45, 2.75) is 57.9 Å². The summed E-state index contributed by atoms with van der Waals surface area (Å²) in [5, 5.41) is 16.6.